The van der Waals surface area contributed by atoms with Crippen LogP contribution >= 0.6 is 11.6 Å². The van der Waals surface area contributed by atoms with Gasteiger partial charge in [-0.15, -0.1) is 0 Å². The van der Waals surface area contributed by atoms with Gasteiger partial charge in [0.2, 0.25) is 5.91 Å². The molecule has 0 radical (unpaired) electrons. The van der Waals surface area contributed by atoms with E-state index < -0.39 is 6.04 Å². The van der Waals surface area contributed by atoms with Gasteiger partial charge in [0, 0.05) is 28.1 Å². The molecule has 0 aliphatic heterocycles. The molecular formula is C20H19ClN2O2. The second kappa shape index (κ2) is 7.11. The minimum atomic E-state index is -0.487. The molecule has 2 N–H and O–H groups in total. The van der Waals surface area contributed by atoms with Crippen LogP contribution in [-0.2, 0) is 4.79 Å². The van der Waals surface area contributed by atoms with Crippen LogP contribution in [-0.4, -0.2) is 16.0 Å². The van der Waals surface area contributed by atoms with E-state index in [0.29, 0.717) is 16.1 Å². The highest BCUT2D eigenvalue weighted by atomic mass is 35.5. The molecule has 1 atom stereocenters. The number of benzene rings is 2. The lowest BCUT2D eigenvalue weighted by atomic mass is 9.95. The molecule has 0 saturated carbocycles. The van der Waals surface area contributed by atoms with Crippen molar-refractivity contribution in [2.24, 2.45) is 5.92 Å². The number of carbonyl (C=O) groups is 1. The molecule has 4 nitrogen and oxygen atoms in total. The average Bonchev–Trinajstić information content (AvgIpc) is 2.61. The first-order chi connectivity index (χ1) is 12.0. The molecule has 128 valence electrons. The highest BCUT2D eigenvalue weighted by Crippen LogP contribution is 2.34. The molecule has 0 unspecified atom stereocenters. The Morgan fingerprint density at radius 1 is 1.12 bits per heavy atom. The van der Waals surface area contributed by atoms with Gasteiger partial charge in [-0.3, -0.25) is 9.78 Å². The largest absolute Gasteiger partial charge is 0.505 e. The molecule has 0 spiro atoms. The normalized spacial score (nSPS) is 12.3. The van der Waals surface area contributed by atoms with Crippen molar-refractivity contribution in [3.05, 3.63) is 70.9 Å². The van der Waals surface area contributed by atoms with Gasteiger partial charge in [-0.05, 0) is 23.8 Å². The number of hydrogen-bond acceptors (Lipinski definition) is 3. The number of phenolic OH excluding ortho intramolecular Hbond substituents is 1. The molecule has 0 saturated heterocycles. The Morgan fingerprint density at radius 3 is 2.52 bits per heavy atom. The number of hydrogen-bond donors (Lipinski definition) is 2. The summed E-state index contributed by atoms with van der Waals surface area (Å²) in [7, 11) is 0. The van der Waals surface area contributed by atoms with Crippen LogP contribution in [0, 0.1) is 5.92 Å². The van der Waals surface area contributed by atoms with Crippen LogP contribution < -0.4 is 5.32 Å². The maximum absolute atomic E-state index is 12.3. The summed E-state index contributed by atoms with van der Waals surface area (Å²) in [5, 5.41) is 15.2. The summed E-state index contributed by atoms with van der Waals surface area (Å²) in [4.78, 5) is 16.6. The van der Waals surface area contributed by atoms with Crippen LogP contribution in [0.5, 0.6) is 5.75 Å². The molecule has 5 heteroatoms. The molecule has 1 aromatic heterocycles. The Balaban J connectivity index is 2.12. The monoisotopic (exact) mass is 354 g/mol. The van der Waals surface area contributed by atoms with Crippen molar-refractivity contribution in [2.75, 3.05) is 0 Å². The summed E-state index contributed by atoms with van der Waals surface area (Å²) in [5.74, 6) is -0.196. The van der Waals surface area contributed by atoms with Gasteiger partial charge in [0.15, 0.2) is 0 Å². The van der Waals surface area contributed by atoms with Crippen LogP contribution in [0.15, 0.2) is 54.7 Å². The van der Waals surface area contributed by atoms with Crippen molar-refractivity contribution >= 4 is 28.4 Å². The quantitative estimate of drug-likeness (QED) is 0.727. The third-order valence-corrected chi connectivity index (χ3v) is 4.36. The summed E-state index contributed by atoms with van der Waals surface area (Å²) < 4.78 is 0. The SMILES string of the molecule is CC(C)C(=O)N[C@@H](c1ccc(Cl)cc1)c1ccc2cccnc2c1O. The van der Waals surface area contributed by atoms with E-state index in [-0.39, 0.29) is 17.6 Å². The zero-order valence-electron chi connectivity index (χ0n) is 14.0. The number of aromatic hydroxyl groups is 1. The number of amides is 1. The molecule has 1 heterocycles. The molecule has 2 aromatic carbocycles. The average molecular weight is 355 g/mol. The summed E-state index contributed by atoms with van der Waals surface area (Å²) in [6.07, 6.45) is 1.63. The molecule has 1 amide bonds. The fraction of sp³-hybridized carbons (Fsp3) is 0.200. The van der Waals surface area contributed by atoms with E-state index in [1.54, 1.807) is 18.3 Å². The number of carbonyl (C=O) groups excluding carboxylic acids is 1. The number of nitrogens with zero attached hydrogens (tertiary/aromatic N) is 1. The first-order valence-corrected chi connectivity index (χ1v) is 8.47. The third-order valence-electron chi connectivity index (χ3n) is 4.10. The predicted molar refractivity (Wildman–Crippen MR) is 99.7 cm³/mol. The van der Waals surface area contributed by atoms with Gasteiger partial charge in [-0.1, -0.05) is 55.8 Å². The zero-order valence-corrected chi connectivity index (χ0v) is 14.8. The van der Waals surface area contributed by atoms with Crippen LogP contribution in [0.3, 0.4) is 0 Å². The van der Waals surface area contributed by atoms with E-state index >= 15 is 0 Å². The topological polar surface area (TPSA) is 62.2 Å². The van der Waals surface area contributed by atoms with Gasteiger partial charge < -0.3 is 10.4 Å². The number of rotatable bonds is 4. The standard InChI is InChI=1S/C20H19ClN2O2/c1-12(2)20(25)23-17(14-5-8-15(21)9-6-14)16-10-7-13-4-3-11-22-18(13)19(16)24/h3-12,17,24H,1-2H3,(H,23,25)/t17-/m0/s1. The van der Waals surface area contributed by atoms with Crippen LogP contribution in [0.1, 0.15) is 31.0 Å². The fourth-order valence-corrected chi connectivity index (χ4v) is 2.81. The molecule has 25 heavy (non-hydrogen) atoms. The Bertz CT molecular complexity index is 907. The van der Waals surface area contributed by atoms with Crippen molar-refractivity contribution in [3.63, 3.8) is 0 Å². The second-order valence-electron chi connectivity index (χ2n) is 6.23. The van der Waals surface area contributed by atoms with Gasteiger partial charge in [0.1, 0.15) is 11.3 Å². The van der Waals surface area contributed by atoms with Crippen LogP contribution in [0.4, 0.5) is 0 Å². The summed E-state index contributed by atoms with van der Waals surface area (Å²) in [5.41, 5.74) is 1.95. The van der Waals surface area contributed by atoms with Crippen LogP contribution in [0.2, 0.25) is 5.02 Å². The summed E-state index contributed by atoms with van der Waals surface area (Å²) in [6, 6.07) is 14.1. The van der Waals surface area contributed by atoms with E-state index in [2.05, 4.69) is 10.3 Å². The van der Waals surface area contributed by atoms with E-state index in [4.69, 9.17) is 11.6 Å². The van der Waals surface area contributed by atoms with Crippen molar-refractivity contribution in [1.29, 1.82) is 0 Å². The smallest absolute Gasteiger partial charge is 0.223 e. The van der Waals surface area contributed by atoms with Gasteiger partial charge >= 0.3 is 0 Å². The highest BCUT2D eigenvalue weighted by Gasteiger charge is 2.22. The lowest BCUT2D eigenvalue weighted by molar-refractivity contribution is -0.124. The van der Waals surface area contributed by atoms with Crippen molar-refractivity contribution < 1.29 is 9.90 Å². The predicted octanol–water partition coefficient (Wildman–Crippen LogP) is 4.46. The Kier molecular flexibility index (Phi) is 4.91. The molecule has 0 fully saturated rings. The lowest BCUT2D eigenvalue weighted by Gasteiger charge is -2.22. The zero-order chi connectivity index (χ0) is 18.0. The van der Waals surface area contributed by atoms with E-state index in [9.17, 15) is 9.90 Å². The second-order valence-corrected chi connectivity index (χ2v) is 6.66. The van der Waals surface area contributed by atoms with E-state index in [1.807, 2.05) is 50.2 Å². The van der Waals surface area contributed by atoms with Crippen LogP contribution in [0.25, 0.3) is 10.9 Å². The van der Waals surface area contributed by atoms with Crippen molar-refractivity contribution in [3.8, 4) is 5.75 Å². The number of phenols is 1. The Morgan fingerprint density at radius 2 is 1.84 bits per heavy atom. The van der Waals surface area contributed by atoms with Gasteiger partial charge in [0.05, 0.1) is 6.04 Å². The van der Waals surface area contributed by atoms with E-state index in [0.717, 1.165) is 10.9 Å². The number of pyridine rings is 1. The Labute approximate surface area is 151 Å². The fourth-order valence-electron chi connectivity index (χ4n) is 2.68. The molecular weight excluding hydrogens is 336 g/mol. The molecule has 0 aliphatic rings. The third kappa shape index (κ3) is 3.59. The van der Waals surface area contributed by atoms with E-state index in [1.165, 1.54) is 0 Å². The van der Waals surface area contributed by atoms with Crippen molar-refractivity contribution in [1.82, 2.24) is 10.3 Å². The lowest BCUT2D eigenvalue weighted by Crippen LogP contribution is -2.32. The molecule has 3 rings (SSSR count). The maximum atomic E-state index is 12.3. The number of fused-ring (bicyclic) bond motifs is 1. The van der Waals surface area contributed by atoms with Gasteiger partial charge in [0.25, 0.3) is 0 Å². The van der Waals surface area contributed by atoms with Gasteiger partial charge in [-0.25, -0.2) is 0 Å². The number of halogens is 1. The molecule has 0 bridgehead atoms. The first-order valence-electron chi connectivity index (χ1n) is 8.10. The minimum Gasteiger partial charge on any atom is -0.505 e. The number of aromatic nitrogens is 1. The highest BCUT2D eigenvalue weighted by molar-refractivity contribution is 6.30. The Hall–Kier alpha value is -2.59. The van der Waals surface area contributed by atoms with Gasteiger partial charge in [-0.2, -0.15) is 0 Å². The number of nitrogens with one attached hydrogen (secondary N) is 1. The first kappa shape index (κ1) is 17.2. The molecule has 0 aliphatic carbocycles. The summed E-state index contributed by atoms with van der Waals surface area (Å²) in [6.45, 7) is 3.66. The maximum Gasteiger partial charge on any atom is 0.223 e. The minimum absolute atomic E-state index is 0.0714. The molecule has 3 aromatic rings. The van der Waals surface area contributed by atoms with Crippen molar-refractivity contribution in [2.45, 2.75) is 19.9 Å². The summed E-state index contributed by atoms with van der Waals surface area (Å²) >= 11 is 5.98.